The second kappa shape index (κ2) is 10.00. The molecule has 0 saturated carbocycles. The van der Waals surface area contributed by atoms with E-state index in [4.69, 9.17) is 10.00 Å². The number of hydrogen-bond acceptors (Lipinski definition) is 4. The van der Waals surface area contributed by atoms with E-state index in [1.807, 2.05) is 30.3 Å². The molecule has 0 radical (unpaired) electrons. The van der Waals surface area contributed by atoms with Crippen LogP contribution >= 0.6 is 0 Å². The van der Waals surface area contributed by atoms with Gasteiger partial charge in [0.15, 0.2) is 0 Å². The van der Waals surface area contributed by atoms with Gasteiger partial charge in [-0.05, 0) is 35.9 Å². The van der Waals surface area contributed by atoms with E-state index < -0.39 is 0 Å². The standard InChI is InChI=1S/C23H20FN3O2/c24-20-8-1-5-17(15-20)11-14-29-22-10-3-9-21(27-22)18-6-2-7-19(16-18)23(28)26-13-4-12-25/h1-3,5-10,15-16H,4,11,13-14H2,(H,26,28). The summed E-state index contributed by atoms with van der Waals surface area (Å²) in [6, 6.07) is 21.0. The Balaban J connectivity index is 1.65. The van der Waals surface area contributed by atoms with Gasteiger partial charge in [0.25, 0.3) is 5.91 Å². The Labute approximate surface area is 168 Å². The topological polar surface area (TPSA) is 75.0 Å². The maximum atomic E-state index is 13.2. The van der Waals surface area contributed by atoms with E-state index in [1.54, 1.807) is 30.3 Å². The number of benzene rings is 2. The lowest BCUT2D eigenvalue weighted by Gasteiger charge is -2.09. The summed E-state index contributed by atoms with van der Waals surface area (Å²) in [5.41, 5.74) is 2.82. The molecule has 5 nitrogen and oxygen atoms in total. The third kappa shape index (κ3) is 5.88. The highest BCUT2D eigenvalue weighted by Crippen LogP contribution is 2.21. The van der Waals surface area contributed by atoms with Crippen molar-refractivity contribution in [1.82, 2.24) is 10.3 Å². The minimum Gasteiger partial charge on any atom is -0.477 e. The molecule has 0 aliphatic heterocycles. The van der Waals surface area contributed by atoms with Gasteiger partial charge in [-0.2, -0.15) is 5.26 Å². The molecule has 0 aliphatic rings. The van der Waals surface area contributed by atoms with Crippen molar-refractivity contribution in [3.63, 3.8) is 0 Å². The monoisotopic (exact) mass is 389 g/mol. The predicted octanol–water partition coefficient (Wildman–Crippen LogP) is 4.15. The number of aromatic nitrogens is 1. The first-order chi connectivity index (χ1) is 14.2. The highest BCUT2D eigenvalue weighted by atomic mass is 19.1. The van der Waals surface area contributed by atoms with Crippen LogP contribution in [0.2, 0.25) is 0 Å². The van der Waals surface area contributed by atoms with E-state index >= 15 is 0 Å². The lowest BCUT2D eigenvalue weighted by atomic mass is 10.1. The smallest absolute Gasteiger partial charge is 0.251 e. The molecule has 29 heavy (non-hydrogen) atoms. The highest BCUT2D eigenvalue weighted by molar-refractivity contribution is 5.95. The second-order valence-electron chi connectivity index (χ2n) is 6.33. The number of pyridine rings is 1. The van der Waals surface area contributed by atoms with Crippen LogP contribution in [0.5, 0.6) is 5.88 Å². The summed E-state index contributed by atoms with van der Waals surface area (Å²) in [4.78, 5) is 16.7. The zero-order valence-corrected chi connectivity index (χ0v) is 15.8. The maximum Gasteiger partial charge on any atom is 0.251 e. The number of rotatable bonds is 8. The third-order valence-electron chi connectivity index (χ3n) is 4.20. The van der Waals surface area contributed by atoms with E-state index in [-0.39, 0.29) is 18.1 Å². The lowest BCUT2D eigenvalue weighted by Crippen LogP contribution is -2.24. The van der Waals surface area contributed by atoms with E-state index in [2.05, 4.69) is 10.3 Å². The van der Waals surface area contributed by atoms with Gasteiger partial charge in [-0.3, -0.25) is 4.79 Å². The van der Waals surface area contributed by atoms with Crippen molar-refractivity contribution in [2.24, 2.45) is 0 Å². The summed E-state index contributed by atoms with van der Waals surface area (Å²) >= 11 is 0. The van der Waals surface area contributed by atoms with Gasteiger partial charge in [0.05, 0.1) is 24.8 Å². The molecule has 1 N–H and O–H groups in total. The van der Waals surface area contributed by atoms with Crippen molar-refractivity contribution < 1.29 is 13.9 Å². The minimum absolute atomic E-state index is 0.232. The van der Waals surface area contributed by atoms with Crippen LogP contribution in [-0.2, 0) is 6.42 Å². The molecular formula is C23H20FN3O2. The van der Waals surface area contributed by atoms with Crippen molar-refractivity contribution in [2.75, 3.05) is 13.2 Å². The fourth-order valence-corrected chi connectivity index (χ4v) is 2.78. The summed E-state index contributed by atoms with van der Waals surface area (Å²) in [7, 11) is 0. The summed E-state index contributed by atoms with van der Waals surface area (Å²) in [6.45, 7) is 0.688. The minimum atomic E-state index is -0.265. The Morgan fingerprint density at radius 2 is 1.93 bits per heavy atom. The first-order valence-electron chi connectivity index (χ1n) is 9.25. The summed E-state index contributed by atoms with van der Waals surface area (Å²) in [6.07, 6.45) is 0.837. The number of nitrogens with zero attached hydrogens (tertiary/aromatic N) is 2. The van der Waals surface area contributed by atoms with Gasteiger partial charge in [-0.25, -0.2) is 9.37 Å². The van der Waals surface area contributed by atoms with Crippen LogP contribution in [0, 0.1) is 17.1 Å². The number of ether oxygens (including phenoxy) is 1. The van der Waals surface area contributed by atoms with E-state index in [0.717, 1.165) is 11.1 Å². The average Bonchev–Trinajstić information content (AvgIpc) is 2.74. The molecule has 0 fully saturated rings. The number of hydrogen-bond donors (Lipinski definition) is 1. The Morgan fingerprint density at radius 1 is 1.10 bits per heavy atom. The molecule has 1 amide bonds. The van der Waals surface area contributed by atoms with Crippen LogP contribution in [-0.4, -0.2) is 24.0 Å². The Kier molecular flexibility index (Phi) is 6.90. The first kappa shape index (κ1) is 20.0. The largest absolute Gasteiger partial charge is 0.477 e. The van der Waals surface area contributed by atoms with Gasteiger partial charge in [0.1, 0.15) is 5.82 Å². The van der Waals surface area contributed by atoms with E-state index in [0.29, 0.717) is 36.7 Å². The van der Waals surface area contributed by atoms with Gasteiger partial charge in [0, 0.05) is 30.2 Å². The Bertz CT molecular complexity index is 1030. The fraction of sp³-hybridized carbons (Fsp3) is 0.174. The van der Waals surface area contributed by atoms with Crippen molar-refractivity contribution in [3.8, 4) is 23.2 Å². The molecule has 1 aromatic heterocycles. The number of carbonyl (C=O) groups is 1. The average molecular weight is 389 g/mol. The SMILES string of the molecule is N#CCCNC(=O)c1cccc(-c2cccc(OCCc3cccc(F)c3)n2)c1. The normalized spacial score (nSPS) is 10.2. The molecule has 2 aromatic carbocycles. The predicted molar refractivity (Wildman–Crippen MR) is 108 cm³/mol. The molecule has 0 unspecified atom stereocenters. The molecule has 0 atom stereocenters. The summed E-state index contributed by atoms with van der Waals surface area (Å²) in [5, 5.41) is 11.3. The molecule has 0 spiro atoms. The first-order valence-corrected chi connectivity index (χ1v) is 9.25. The molecule has 3 aromatic rings. The third-order valence-corrected chi connectivity index (χ3v) is 4.20. The molecule has 0 bridgehead atoms. The van der Waals surface area contributed by atoms with Gasteiger partial charge in [-0.1, -0.05) is 30.3 Å². The highest BCUT2D eigenvalue weighted by Gasteiger charge is 2.08. The molecule has 3 rings (SSSR count). The molecule has 6 heteroatoms. The van der Waals surface area contributed by atoms with Crippen LogP contribution < -0.4 is 10.1 Å². The molecule has 0 aliphatic carbocycles. The number of carbonyl (C=O) groups excluding carboxylic acids is 1. The number of amides is 1. The van der Waals surface area contributed by atoms with E-state index in [1.165, 1.54) is 12.1 Å². The number of halogens is 1. The van der Waals surface area contributed by atoms with Crippen LogP contribution in [0.3, 0.4) is 0 Å². The zero-order chi connectivity index (χ0) is 20.5. The van der Waals surface area contributed by atoms with Crippen molar-refractivity contribution in [3.05, 3.63) is 83.7 Å². The molecule has 0 saturated heterocycles. The Hall–Kier alpha value is -3.72. The maximum absolute atomic E-state index is 13.2. The molecule has 146 valence electrons. The van der Waals surface area contributed by atoms with Crippen LogP contribution in [0.4, 0.5) is 4.39 Å². The van der Waals surface area contributed by atoms with Crippen molar-refractivity contribution in [2.45, 2.75) is 12.8 Å². The van der Waals surface area contributed by atoms with Gasteiger partial charge in [-0.15, -0.1) is 0 Å². The number of nitriles is 1. The van der Waals surface area contributed by atoms with Crippen LogP contribution in [0.15, 0.2) is 66.7 Å². The lowest BCUT2D eigenvalue weighted by molar-refractivity contribution is 0.0954. The van der Waals surface area contributed by atoms with Crippen LogP contribution in [0.25, 0.3) is 11.3 Å². The van der Waals surface area contributed by atoms with E-state index in [9.17, 15) is 9.18 Å². The summed E-state index contributed by atoms with van der Waals surface area (Å²) in [5.74, 6) is -0.0356. The summed E-state index contributed by atoms with van der Waals surface area (Å²) < 4.78 is 19.0. The van der Waals surface area contributed by atoms with Crippen molar-refractivity contribution >= 4 is 5.91 Å². The number of nitrogens with one attached hydrogen (secondary N) is 1. The quantitative estimate of drug-likeness (QED) is 0.587. The van der Waals surface area contributed by atoms with Crippen LogP contribution in [0.1, 0.15) is 22.3 Å². The second-order valence-corrected chi connectivity index (χ2v) is 6.33. The van der Waals surface area contributed by atoms with Gasteiger partial charge in [0.2, 0.25) is 5.88 Å². The van der Waals surface area contributed by atoms with Crippen molar-refractivity contribution in [1.29, 1.82) is 5.26 Å². The Morgan fingerprint density at radius 3 is 2.76 bits per heavy atom. The zero-order valence-electron chi connectivity index (χ0n) is 15.8. The molecular weight excluding hydrogens is 369 g/mol. The van der Waals surface area contributed by atoms with Gasteiger partial charge < -0.3 is 10.1 Å². The van der Waals surface area contributed by atoms with Gasteiger partial charge >= 0.3 is 0 Å². The fourth-order valence-electron chi connectivity index (χ4n) is 2.78. The molecule has 1 heterocycles.